The Labute approximate surface area is 86.7 Å². The molecule has 0 aliphatic rings. The molecule has 2 aromatic rings. The Morgan fingerprint density at radius 3 is 2.53 bits per heavy atom. The molecule has 3 nitrogen and oxygen atoms in total. The van der Waals surface area contributed by atoms with E-state index in [4.69, 9.17) is 0 Å². The lowest BCUT2D eigenvalue weighted by Gasteiger charge is -2.00. The van der Waals surface area contributed by atoms with E-state index in [-0.39, 0.29) is 0 Å². The van der Waals surface area contributed by atoms with Crippen LogP contribution in [0.25, 0.3) is 10.8 Å². The van der Waals surface area contributed by atoms with Gasteiger partial charge in [-0.1, -0.05) is 30.3 Å². The molecule has 0 saturated heterocycles. The Kier molecular flexibility index (Phi) is 2.46. The van der Waals surface area contributed by atoms with Crippen LogP contribution in [0.1, 0.15) is 10.4 Å². The van der Waals surface area contributed by atoms with Gasteiger partial charge in [-0.15, -0.1) is 0 Å². The monoisotopic (exact) mass is 198 g/mol. The van der Waals surface area contributed by atoms with Crippen LogP contribution in [0.3, 0.4) is 0 Å². The zero-order chi connectivity index (χ0) is 10.7. The van der Waals surface area contributed by atoms with Crippen LogP contribution in [0.5, 0.6) is 0 Å². The van der Waals surface area contributed by atoms with Gasteiger partial charge in [0.05, 0.1) is 0 Å². The van der Waals surface area contributed by atoms with Gasteiger partial charge in [0.25, 0.3) is 5.91 Å². The Bertz CT molecular complexity index is 520. The van der Waals surface area contributed by atoms with Gasteiger partial charge in [-0.05, 0) is 22.9 Å². The fourth-order valence-electron chi connectivity index (χ4n) is 1.45. The van der Waals surface area contributed by atoms with E-state index in [2.05, 4.69) is 0 Å². The number of imide groups is 1. The molecule has 3 heteroatoms. The molecule has 0 heterocycles. The zero-order valence-corrected chi connectivity index (χ0v) is 7.86. The van der Waals surface area contributed by atoms with Crippen molar-refractivity contribution in [3.05, 3.63) is 48.0 Å². The van der Waals surface area contributed by atoms with Crippen molar-refractivity contribution in [3.8, 4) is 0 Å². The van der Waals surface area contributed by atoms with E-state index in [0.717, 1.165) is 10.8 Å². The molecule has 73 valence electrons. The molecule has 15 heavy (non-hydrogen) atoms. The molecule has 0 aliphatic carbocycles. The van der Waals surface area contributed by atoms with Gasteiger partial charge in [0.2, 0.25) is 0 Å². The summed E-state index contributed by atoms with van der Waals surface area (Å²) in [4.78, 5) is 21.3. The average Bonchev–Trinajstić information content (AvgIpc) is 2.29. The molecule has 0 spiro atoms. The van der Waals surface area contributed by atoms with Gasteiger partial charge in [-0.25, -0.2) is 0 Å². The van der Waals surface area contributed by atoms with Gasteiger partial charge in [0.1, 0.15) is 0 Å². The molecular weight excluding hydrogens is 190 g/mol. The summed E-state index contributed by atoms with van der Waals surface area (Å²) in [7, 11) is 0. The maximum atomic E-state index is 11.3. The first-order valence-corrected chi connectivity index (χ1v) is 4.47. The van der Waals surface area contributed by atoms with E-state index in [1.165, 1.54) is 6.41 Å². The van der Waals surface area contributed by atoms with Crippen molar-refractivity contribution in [1.82, 2.24) is 5.32 Å². The summed E-state index contributed by atoms with van der Waals surface area (Å²) in [5.41, 5.74) is 0.456. The van der Waals surface area contributed by atoms with Crippen LogP contribution in [0, 0.1) is 0 Å². The zero-order valence-electron chi connectivity index (χ0n) is 7.86. The van der Waals surface area contributed by atoms with Crippen LogP contribution >= 0.6 is 0 Å². The van der Waals surface area contributed by atoms with Crippen LogP contribution < -0.4 is 5.32 Å². The predicted molar refractivity (Wildman–Crippen MR) is 57.1 cm³/mol. The molecule has 0 unspecified atom stereocenters. The molecule has 0 fully saturated rings. The summed E-state index contributed by atoms with van der Waals surface area (Å²) in [6.45, 7) is 0. The highest BCUT2D eigenvalue weighted by Gasteiger charge is 2.04. The van der Waals surface area contributed by atoms with Gasteiger partial charge >= 0.3 is 6.41 Å². The van der Waals surface area contributed by atoms with Crippen LogP contribution in [0.2, 0.25) is 0 Å². The predicted octanol–water partition coefficient (Wildman–Crippen LogP) is 1.64. The highest BCUT2D eigenvalue weighted by atomic mass is 16.2. The second-order valence-electron chi connectivity index (χ2n) is 3.12. The van der Waals surface area contributed by atoms with Crippen molar-refractivity contribution in [2.24, 2.45) is 0 Å². The number of carbonyl (C=O) groups is 1. The molecule has 2 aromatic carbocycles. The summed E-state index contributed by atoms with van der Waals surface area (Å²) in [6.07, 6.45) is 1.36. The summed E-state index contributed by atoms with van der Waals surface area (Å²) < 4.78 is 0. The number of hydrogen-bond acceptors (Lipinski definition) is 2. The molecule has 1 N–H and O–H groups in total. The third kappa shape index (κ3) is 1.86. The third-order valence-corrected chi connectivity index (χ3v) is 2.18. The normalized spacial score (nSPS) is 9.87. The smallest absolute Gasteiger partial charge is 0.284 e. The molecule has 2 amide bonds. The van der Waals surface area contributed by atoms with Gasteiger partial charge in [-0.3, -0.25) is 14.9 Å². The van der Waals surface area contributed by atoms with E-state index in [1.54, 1.807) is 12.1 Å². The first-order valence-electron chi connectivity index (χ1n) is 4.47. The molecular formula is C12H8NO2. The fraction of sp³-hybridized carbons (Fsp3) is 0. The van der Waals surface area contributed by atoms with Crippen molar-refractivity contribution in [3.63, 3.8) is 0 Å². The number of benzene rings is 2. The van der Waals surface area contributed by atoms with Crippen LogP contribution in [-0.2, 0) is 4.79 Å². The highest BCUT2D eigenvalue weighted by Crippen LogP contribution is 2.15. The number of amides is 2. The SMILES string of the molecule is O=[C]NC(=O)c1ccc2ccccc2c1. The molecule has 0 bridgehead atoms. The van der Waals surface area contributed by atoms with Crippen LogP contribution in [0.15, 0.2) is 42.5 Å². The van der Waals surface area contributed by atoms with Crippen molar-refractivity contribution < 1.29 is 9.59 Å². The number of nitrogens with one attached hydrogen (secondary N) is 1. The molecule has 0 atom stereocenters. The summed E-state index contributed by atoms with van der Waals surface area (Å²) in [5.74, 6) is -0.434. The Hall–Kier alpha value is -2.16. The molecule has 0 aromatic heterocycles. The minimum absolute atomic E-state index is 0.434. The highest BCUT2D eigenvalue weighted by molar-refractivity contribution is 6.02. The lowest BCUT2D eigenvalue weighted by molar-refractivity contribution is 0.0976. The number of carbonyl (C=O) groups excluding carboxylic acids is 2. The Balaban J connectivity index is 2.46. The van der Waals surface area contributed by atoms with Crippen LogP contribution in [-0.4, -0.2) is 12.3 Å². The quantitative estimate of drug-likeness (QED) is 0.745. The van der Waals surface area contributed by atoms with Gasteiger partial charge in [0, 0.05) is 5.56 Å². The van der Waals surface area contributed by atoms with E-state index in [9.17, 15) is 9.59 Å². The van der Waals surface area contributed by atoms with Gasteiger partial charge in [-0.2, -0.15) is 0 Å². The minimum Gasteiger partial charge on any atom is -0.284 e. The number of fused-ring (bicyclic) bond motifs is 1. The summed E-state index contributed by atoms with van der Waals surface area (Å²) >= 11 is 0. The first kappa shape index (κ1) is 9.40. The summed E-state index contributed by atoms with van der Waals surface area (Å²) in [6, 6.07) is 13.0. The first-order chi connectivity index (χ1) is 7.31. The molecule has 1 radical (unpaired) electrons. The van der Waals surface area contributed by atoms with E-state index in [1.807, 2.05) is 35.6 Å². The topological polar surface area (TPSA) is 46.2 Å². The molecule has 2 rings (SSSR count). The van der Waals surface area contributed by atoms with Crippen LogP contribution in [0.4, 0.5) is 0 Å². The second kappa shape index (κ2) is 3.92. The minimum atomic E-state index is -0.434. The van der Waals surface area contributed by atoms with E-state index < -0.39 is 5.91 Å². The maximum absolute atomic E-state index is 11.3. The molecule has 0 saturated carbocycles. The van der Waals surface area contributed by atoms with E-state index >= 15 is 0 Å². The Morgan fingerprint density at radius 1 is 1.07 bits per heavy atom. The van der Waals surface area contributed by atoms with Crippen molar-refractivity contribution >= 4 is 23.1 Å². The van der Waals surface area contributed by atoms with E-state index in [0.29, 0.717) is 5.56 Å². The number of hydrogen-bond donors (Lipinski definition) is 1. The second-order valence-corrected chi connectivity index (χ2v) is 3.12. The lowest BCUT2D eigenvalue weighted by atomic mass is 10.1. The van der Waals surface area contributed by atoms with Crippen molar-refractivity contribution in [2.75, 3.05) is 0 Å². The van der Waals surface area contributed by atoms with Gasteiger partial charge in [0.15, 0.2) is 0 Å². The lowest BCUT2D eigenvalue weighted by Crippen LogP contribution is -2.20. The van der Waals surface area contributed by atoms with Crippen molar-refractivity contribution in [2.45, 2.75) is 0 Å². The third-order valence-electron chi connectivity index (χ3n) is 2.18. The van der Waals surface area contributed by atoms with Gasteiger partial charge < -0.3 is 0 Å². The largest absolute Gasteiger partial charge is 0.316 e. The maximum Gasteiger partial charge on any atom is 0.316 e. The Morgan fingerprint density at radius 2 is 1.80 bits per heavy atom. The standard InChI is InChI=1S/C12H8NO2/c14-8-13-12(15)11-6-5-9-3-1-2-4-10(9)7-11/h1-7H,(H,13,14,15). The fourth-order valence-corrected chi connectivity index (χ4v) is 1.45. The molecule has 0 aliphatic heterocycles. The summed E-state index contributed by atoms with van der Waals surface area (Å²) in [5, 5.41) is 4.01. The number of rotatable bonds is 2. The average molecular weight is 198 g/mol. The van der Waals surface area contributed by atoms with Crippen molar-refractivity contribution in [1.29, 1.82) is 0 Å².